The lowest BCUT2D eigenvalue weighted by atomic mass is 9.76. The second-order valence-electron chi connectivity index (χ2n) is 7.63. The second kappa shape index (κ2) is 8.23. The quantitative estimate of drug-likeness (QED) is 0.629. The average Bonchev–Trinajstić information content (AvgIpc) is 2.63. The zero-order valence-electron chi connectivity index (χ0n) is 16.2. The Labute approximate surface area is 160 Å². The molecule has 4 N–H and O–H groups in total. The Bertz CT molecular complexity index is 759. The molecular weight excluding hydrogens is 342 g/mol. The Hall–Kier alpha value is -2.18. The van der Waals surface area contributed by atoms with Crippen molar-refractivity contribution in [2.45, 2.75) is 51.7 Å². The molecule has 0 aromatic heterocycles. The van der Waals surface area contributed by atoms with Crippen LogP contribution in [0, 0.1) is 12.8 Å². The molecule has 1 aromatic carbocycles. The molecule has 146 valence electrons. The summed E-state index contributed by atoms with van der Waals surface area (Å²) in [5.41, 5.74) is 3.44. The molecule has 2 aliphatic rings. The van der Waals surface area contributed by atoms with Gasteiger partial charge in [-0.2, -0.15) is 0 Å². The summed E-state index contributed by atoms with van der Waals surface area (Å²) in [6.07, 6.45) is 0.924. The van der Waals surface area contributed by atoms with Crippen molar-refractivity contribution in [1.29, 1.82) is 0 Å². The fourth-order valence-corrected chi connectivity index (χ4v) is 4.42. The fourth-order valence-electron chi connectivity index (χ4n) is 4.42. The Kier molecular flexibility index (Phi) is 5.97. The maximum atomic E-state index is 12.6. The topological polar surface area (TPSA) is 90.5 Å². The highest BCUT2D eigenvalue weighted by Crippen LogP contribution is 2.32. The Balaban J connectivity index is 1.75. The number of carbonyl (C=O) groups is 2. The van der Waals surface area contributed by atoms with E-state index in [-0.39, 0.29) is 42.8 Å². The largest absolute Gasteiger partial charge is 0.394 e. The number of aliphatic hydroxyl groups excluding tert-OH is 1. The maximum absolute atomic E-state index is 12.6. The molecule has 3 unspecified atom stereocenters. The Morgan fingerprint density at radius 1 is 1.33 bits per heavy atom. The average molecular weight is 371 g/mol. The third kappa shape index (κ3) is 4.06. The number of aryl methyl sites for hydroxylation is 1. The zero-order valence-corrected chi connectivity index (χ0v) is 16.2. The summed E-state index contributed by atoms with van der Waals surface area (Å²) in [6, 6.07) is 7.57. The van der Waals surface area contributed by atoms with Gasteiger partial charge in [0.2, 0.25) is 11.8 Å². The number of rotatable bonds is 5. The molecule has 1 fully saturated rings. The van der Waals surface area contributed by atoms with Gasteiger partial charge in [0.05, 0.1) is 19.1 Å². The standard InChI is InChI=1S/C21H29N3O3/c1-12-6-4-5-7-15(12)18(11-25)23-19(26)10-16-13(2)20-14(3)22-9-8-17(20)24-21(16)27/h4-7,14,17-18,20,22,25H,8-11H2,1-3H3,(H,23,26)(H,24,27)/t14?,17?,18-,20?/m0/s1. The Morgan fingerprint density at radius 3 is 2.78 bits per heavy atom. The van der Waals surface area contributed by atoms with E-state index >= 15 is 0 Å². The van der Waals surface area contributed by atoms with Crippen molar-refractivity contribution >= 4 is 11.8 Å². The SMILES string of the molecule is CC1=C(CC(=O)N[C@@H](CO)c2ccccc2C)C(=O)NC2CCNC(C)C12. The number of benzene rings is 1. The van der Waals surface area contributed by atoms with Gasteiger partial charge < -0.3 is 21.1 Å². The van der Waals surface area contributed by atoms with Gasteiger partial charge in [-0.25, -0.2) is 0 Å². The smallest absolute Gasteiger partial charge is 0.247 e. The third-order valence-electron chi connectivity index (χ3n) is 5.88. The van der Waals surface area contributed by atoms with Crippen LogP contribution in [0.4, 0.5) is 0 Å². The van der Waals surface area contributed by atoms with Crippen LogP contribution in [0.5, 0.6) is 0 Å². The van der Waals surface area contributed by atoms with Gasteiger partial charge in [0.25, 0.3) is 0 Å². The van der Waals surface area contributed by atoms with Gasteiger partial charge in [0, 0.05) is 23.6 Å². The van der Waals surface area contributed by atoms with Gasteiger partial charge >= 0.3 is 0 Å². The predicted octanol–water partition coefficient (Wildman–Crippen LogP) is 1.35. The minimum atomic E-state index is -0.478. The lowest BCUT2D eigenvalue weighted by Crippen LogP contribution is -2.57. The number of carbonyl (C=O) groups excluding carboxylic acids is 2. The lowest BCUT2D eigenvalue weighted by molar-refractivity contribution is -0.125. The minimum Gasteiger partial charge on any atom is -0.394 e. The van der Waals surface area contributed by atoms with Gasteiger partial charge in [-0.05, 0) is 44.9 Å². The highest BCUT2D eigenvalue weighted by atomic mass is 16.3. The van der Waals surface area contributed by atoms with E-state index in [9.17, 15) is 14.7 Å². The van der Waals surface area contributed by atoms with Gasteiger partial charge in [-0.15, -0.1) is 0 Å². The van der Waals surface area contributed by atoms with E-state index in [4.69, 9.17) is 0 Å². The summed E-state index contributed by atoms with van der Waals surface area (Å²) in [4.78, 5) is 25.2. The first-order chi connectivity index (χ1) is 12.9. The van der Waals surface area contributed by atoms with Crippen LogP contribution in [0.3, 0.4) is 0 Å². The predicted molar refractivity (Wildman–Crippen MR) is 104 cm³/mol. The molecule has 0 saturated carbocycles. The van der Waals surface area contributed by atoms with Crippen molar-refractivity contribution in [3.05, 3.63) is 46.5 Å². The van der Waals surface area contributed by atoms with Crippen LogP contribution in [-0.2, 0) is 9.59 Å². The molecule has 0 spiro atoms. The molecule has 2 aliphatic heterocycles. The van der Waals surface area contributed by atoms with Crippen molar-refractivity contribution in [3.63, 3.8) is 0 Å². The van der Waals surface area contributed by atoms with Gasteiger partial charge in [-0.1, -0.05) is 29.8 Å². The summed E-state index contributed by atoms with van der Waals surface area (Å²) in [7, 11) is 0. The molecule has 0 bridgehead atoms. The lowest BCUT2D eigenvalue weighted by Gasteiger charge is -2.42. The molecule has 27 heavy (non-hydrogen) atoms. The summed E-state index contributed by atoms with van der Waals surface area (Å²) < 4.78 is 0. The number of aliphatic hydroxyl groups is 1. The summed E-state index contributed by atoms with van der Waals surface area (Å²) in [5, 5.41) is 19.1. The summed E-state index contributed by atoms with van der Waals surface area (Å²) >= 11 is 0. The molecular formula is C21H29N3O3. The van der Waals surface area contributed by atoms with Crippen LogP contribution in [0.1, 0.15) is 43.9 Å². The first kappa shape index (κ1) is 19.6. The first-order valence-electron chi connectivity index (χ1n) is 9.62. The van der Waals surface area contributed by atoms with Crippen molar-refractivity contribution in [1.82, 2.24) is 16.0 Å². The van der Waals surface area contributed by atoms with E-state index < -0.39 is 6.04 Å². The molecule has 0 radical (unpaired) electrons. The minimum absolute atomic E-state index is 0.0238. The van der Waals surface area contributed by atoms with Crippen LogP contribution in [0.25, 0.3) is 0 Å². The number of hydrogen-bond donors (Lipinski definition) is 4. The third-order valence-corrected chi connectivity index (χ3v) is 5.88. The highest BCUT2D eigenvalue weighted by molar-refractivity contribution is 6.00. The fraction of sp³-hybridized carbons (Fsp3) is 0.524. The molecule has 6 heteroatoms. The monoisotopic (exact) mass is 371 g/mol. The van der Waals surface area contributed by atoms with Crippen molar-refractivity contribution in [3.8, 4) is 0 Å². The normalized spacial score (nSPS) is 26.2. The van der Waals surface area contributed by atoms with Crippen molar-refractivity contribution in [2.75, 3.05) is 13.2 Å². The van der Waals surface area contributed by atoms with Crippen LogP contribution in [0.2, 0.25) is 0 Å². The van der Waals surface area contributed by atoms with E-state index in [2.05, 4.69) is 22.9 Å². The number of fused-ring (bicyclic) bond motifs is 1. The maximum Gasteiger partial charge on any atom is 0.247 e. The van der Waals surface area contributed by atoms with E-state index in [1.54, 1.807) is 0 Å². The van der Waals surface area contributed by atoms with Gasteiger partial charge in [-0.3, -0.25) is 9.59 Å². The number of amides is 2. The van der Waals surface area contributed by atoms with Crippen LogP contribution < -0.4 is 16.0 Å². The van der Waals surface area contributed by atoms with E-state index in [0.29, 0.717) is 5.57 Å². The highest BCUT2D eigenvalue weighted by Gasteiger charge is 2.39. The second-order valence-corrected chi connectivity index (χ2v) is 7.63. The van der Waals surface area contributed by atoms with Crippen LogP contribution in [-0.4, -0.2) is 42.2 Å². The zero-order chi connectivity index (χ0) is 19.6. The van der Waals surface area contributed by atoms with Crippen LogP contribution in [0.15, 0.2) is 35.4 Å². The van der Waals surface area contributed by atoms with Crippen molar-refractivity contribution < 1.29 is 14.7 Å². The van der Waals surface area contributed by atoms with Crippen LogP contribution >= 0.6 is 0 Å². The molecule has 2 heterocycles. The van der Waals surface area contributed by atoms with E-state index in [0.717, 1.165) is 29.7 Å². The van der Waals surface area contributed by atoms with Crippen molar-refractivity contribution in [2.24, 2.45) is 5.92 Å². The van der Waals surface area contributed by atoms with Gasteiger partial charge in [0.1, 0.15) is 0 Å². The van der Waals surface area contributed by atoms with E-state index in [1.165, 1.54) is 0 Å². The summed E-state index contributed by atoms with van der Waals surface area (Å²) in [6.45, 7) is 6.73. The molecule has 1 aromatic rings. The first-order valence-corrected chi connectivity index (χ1v) is 9.62. The molecule has 3 rings (SSSR count). The number of nitrogens with one attached hydrogen (secondary N) is 3. The molecule has 1 saturated heterocycles. The van der Waals surface area contributed by atoms with E-state index in [1.807, 2.05) is 38.1 Å². The molecule has 2 amide bonds. The molecule has 4 atom stereocenters. The Morgan fingerprint density at radius 2 is 2.07 bits per heavy atom. The molecule has 0 aliphatic carbocycles. The van der Waals surface area contributed by atoms with Gasteiger partial charge in [0.15, 0.2) is 0 Å². The number of piperidine rings is 1. The number of hydrogen-bond acceptors (Lipinski definition) is 4. The molecule has 6 nitrogen and oxygen atoms in total. The summed E-state index contributed by atoms with van der Waals surface area (Å²) in [5.74, 6) is -0.185.